The molecule has 1 aliphatic carbocycles. The predicted octanol–water partition coefficient (Wildman–Crippen LogP) is 3.53. The van der Waals surface area contributed by atoms with Crippen LogP contribution in [0.2, 0.25) is 0 Å². The third-order valence-corrected chi connectivity index (χ3v) is 3.83. The Morgan fingerprint density at radius 3 is 2.89 bits per heavy atom. The first kappa shape index (κ1) is 13.3. The number of hydrogen-bond acceptors (Lipinski definition) is 3. The molecule has 18 heavy (non-hydrogen) atoms. The lowest BCUT2D eigenvalue weighted by Gasteiger charge is -2.19. The third kappa shape index (κ3) is 3.02. The number of carboxylic acid groups (broad SMARTS) is 1. The SMILES string of the molecule is CC1(C)CCC(Nc2ncc(Br)cc2C(=O)O)C1. The predicted molar refractivity (Wildman–Crippen MR) is 73.9 cm³/mol. The number of carboxylic acids is 1. The second-order valence-corrected chi connectivity index (χ2v) is 6.52. The Balaban J connectivity index is 2.17. The molecule has 98 valence electrons. The Hall–Kier alpha value is -1.10. The highest BCUT2D eigenvalue weighted by Gasteiger charge is 2.31. The van der Waals surface area contributed by atoms with E-state index in [9.17, 15) is 4.79 Å². The summed E-state index contributed by atoms with van der Waals surface area (Å²) in [6, 6.07) is 1.89. The van der Waals surface area contributed by atoms with Gasteiger partial charge in [0.15, 0.2) is 0 Å². The van der Waals surface area contributed by atoms with Crippen LogP contribution >= 0.6 is 15.9 Å². The summed E-state index contributed by atoms with van der Waals surface area (Å²) >= 11 is 3.24. The van der Waals surface area contributed by atoms with Crippen molar-refractivity contribution in [3.63, 3.8) is 0 Å². The van der Waals surface area contributed by atoms with Crippen molar-refractivity contribution in [3.8, 4) is 0 Å². The first-order valence-corrected chi connectivity index (χ1v) is 6.82. The number of halogens is 1. The third-order valence-electron chi connectivity index (χ3n) is 3.39. The Morgan fingerprint density at radius 2 is 2.33 bits per heavy atom. The van der Waals surface area contributed by atoms with Gasteiger partial charge in [-0.3, -0.25) is 0 Å². The number of rotatable bonds is 3. The van der Waals surface area contributed by atoms with Gasteiger partial charge >= 0.3 is 5.97 Å². The first-order valence-electron chi connectivity index (χ1n) is 6.03. The van der Waals surface area contributed by atoms with Crippen molar-refractivity contribution in [3.05, 3.63) is 22.3 Å². The molecule has 4 nitrogen and oxygen atoms in total. The standard InChI is InChI=1S/C13H17BrN2O2/c1-13(2)4-3-9(6-13)16-11-10(12(17)18)5-8(14)7-15-11/h5,7,9H,3-4,6H2,1-2H3,(H,15,16)(H,17,18). The smallest absolute Gasteiger partial charge is 0.339 e. The quantitative estimate of drug-likeness (QED) is 0.896. The lowest BCUT2D eigenvalue weighted by atomic mass is 9.92. The van der Waals surface area contributed by atoms with Gasteiger partial charge in [0, 0.05) is 16.7 Å². The van der Waals surface area contributed by atoms with E-state index < -0.39 is 5.97 Å². The number of anilines is 1. The van der Waals surface area contributed by atoms with Gasteiger partial charge in [0.25, 0.3) is 0 Å². The molecule has 0 spiro atoms. The van der Waals surface area contributed by atoms with Gasteiger partial charge in [-0.15, -0.1) is 0 Å². The summed E-state index contributed by atoms with van der Waals surface area (Å²) in [5.41, 5.74) is 0.547. The van der Waals surface area contributed by atoms with Crippen molar-refractivity contribution in [1.82, 2.24) is 4.98 Å². The van der Waals surface area contributed by atoms with Crippen molar-refractivity contribution in [2.24, 2.45) is 5.41 Å². The number of nitrogens with zero attached hydrogens (tertiary/aromatic N) is 1. The Bertz CT molecular complexity index is 474. The summed E-state index contributed by atoms with van der Waals surface area (Å²) in [6.07, 6.45) is 4.88. The largest absolute Gasteiger partial charge is 0.478 e. The van der Waals surface area contributed by atoms with Gasteiger partial charge in [-0.05, 0) is 46.7 Å². The molecular weight excluding hydrogens is 296 g/mol. The second-order valence-electron chi connectivity index (χ2n) is 5.60. The van der Waals surface area contributed by atoms with Crippen molar-refractivity contribution >= 4 is 27.7 Å². The van der Waals surface area contributed by atoms with Gasteiger partial charge in [0.1, 0.15) is 11.4 Å². The average molecular weight is 313 g/mol. The van der Waals surface area contributed by atoms with Gasteiger partial charge in [0.05, 0.1) is 0 Å². The molecule has 1 fully saturated rings. The Morgan fingerprint density at radius 1 is 1.61 bits per heavy atom. The van der Waals surface area contributed by atoms with Crippen LogP contribution in [0.3, 0.4) is 0 Å². The Labute approximate surface area is 115 Å². The van der Waals surface area contributed by atoms with E-state index in [-0.39, 0.29) is 5.56 Å². The van der Waals surface area contributed by atoms with Crippen LogP contribution in [0.5, 0.6) is 0 Å². The van der Waals surface area contributed by atoms with E-state index >= 15 is 0 Å². The number of nitrogens with one attached hydrogen (secondary N) is 1. The maximum absolute atomic E-state index is 11.2. The van der Waals surface area contributed by atoms with Crippen LogP contribution in [-0.2, 0) is 0 Å². The molecule has 0 bridgehead atoms. The summed E-state index contributed by atoms with van der Waals surface area (Å²) in [7, 11) is 0. The highest BCUT2D eigenvalue weighted by molar-refractivity contribution is 9.10. The summed E-state index contributed by atoms with van der Waals surface area (Å²) in [5.74, 6) is -0.489. The van der Waals surface area contributed by atoms with Crippen LogP contribution < -0.4 is 5.32 Å². The Kier molecular flexibility index (Phi) is 3.61. The molecule has 0 aliphatic heterocycles. The van der Waals surface area contributed by atoms with Gasteiger partial charge in [-0.2, -0.15) is 0 Å². The van der Waals surface area contributed by atoms with E-state index in [1.807, 2.05) is 0 Å². The van der Waals surface area contributed by atoms with Gasteiger partial charge in [0.2, 0.25) is 0 Å². The normalized spacial score (nSPS) is 21.8. The number of pyridine rings is 1. The van der Waals surface area contributed by atoms with Crippen LogP contribution in [0, 0.1) is 5.41 Å². The molecule has 1 unspecified atom stereocenters. The minimum Gasteiger partial charge on any atom is -0.478 e. The molecule has 1 aromatic rings. The molecule has 1 atom stereocenters. The fraction of sp³-hybridized carbons (Fsp3) is 0.538. The molecular formula is C13H17BrN2O2. The van der Waals surface area contributed by atoms with Crippen molar-refractivity contribution in [2.75, 3.05) is 5.32 Å². The van der Waals surface area contributed by atoms with E-state index in [2.05, 4.69) is 40.1 Å². The molecule has 0 saturated heterocycles. The van der Waals surface area contributed by atoms with Crippen LogP contribution in [0.15, 0.2) is 16.7 Å². The zero-order chi connectivity index (χ0) is 13.3. The van der Waals surface area contributed by atoms with E-state index in [1.165, 1.54) is 0 Å². The van der Waals surface area contributed by atoms with Crippen molar-refractivity contribution < 1.29 is 9.90 Å². The maximum Gasteiger partial charge on any atom is 0.339 e. The molecule has 0 radical (unpaired) electrons. The fourth-order valence-corrected chi connectivity index (χ4v) is 2.80. The van der Waals surface area contributed by atoms with Crippen LogP contribution in [0.4, 0.5) is 5.82 Å². The number of carbonyl (C=O) groups is 1. The zero-order valence-corrected chi connectivity index (χ0v) is 12.1. The molecule has 2 N–H and O–H groups in total. The van der Waals surface area contributed by atoms with E-state index in [0.29, 0.717) is 21.7 Å². The number of aromatic nitrogens is 1. The van der Waals surface area contributed by atoms with Crippen molar-refractivity contribution in [2.45, 2.75) is 39.2 Å². The topological polar surface area (TPSA) is 62.2 Å². The lowest BCUT2D eigenvalue weighted by Crippen LogP contribution is -2.20. The average Bonchev–Trinajstić information content (AvgIpc) is 2.60. The summed E-state index contributed by atoms with van der Waals surface area (Å²) < 4.78 is 0.678. The van der Waals surface area contributed by atoms with Crippen molar-refractivity contribution in [1.29, 1.82) is 0 Å². The van der Waals surface area contributed by atoms with E-state index in [0.717, 1.165) is 19.3 Å². The summed E-state index contributed by atoms with van der Waals surface area (Å²) in [4.78, 5) is 15.3. The minimum absolute atomic E-state index is 0.217. The van der Waals surface area contributed by atoms with E-state index in [4.69, 9.17) is 5.11 Å². The summed E-state index contributed by atoms with van der Waals surface area (Å²) in [5, 5.41) is 12.4. The highest BCUT2D eigenvalue weighted by atomic mass is 79.9. The highest BCUT2D eigenvalue weighted by Crippen LogP contribution is 2.38. The lowest BCUT2D eigenvalue weighted by molar-refractivity contribution is 0.0697. The molecule has 0 aromatic carbocycles. The molecule has 1 saturated carbocycles. The maximum atomic E-state index is 11.2. The van der Waals surface area contributed by atoms with E-state index in [1.54, 1.807) is 12.3 Å². The molecule has 5 heteroatoms. The van der Waals surface area contributed by atoms with Crippen LogP contribution in [-0.4, -0.2) is 22.1 Å². The number of hydrogen-bond donors (Lipinski definition) is 2. The molecule has 1 aliphatic rings. The van der Waals surface area contributed by atoms with Gasteiger partial charge < -0.3 is 10.4 Å². The minimum atomic E-state index is -0.955. The van der Waals surface area contributed by atoms with Gasteiger partial charge in [-0.1, -0.05) is 13.8 Å². The molecule has 2 rings (SSSR count). The second kappa shape index (κ2) is 4.88. The monoisotopic (exact) mass is 312 g/mol. The van der Waals surface area contributed by atoms with Gasteiger partial charge in [-0.25, -0.2) is 9.78 Å². The fourth-order valence-electron chi connectivity index (χ4n) is 2.47. The first-order chi connectivity index (χ1) is 8.37. The van der Waals surface area contributed by atoms with Crippen LogP contribution in [0.25, 0.3) is 0 Å². The molecule has 0 amide bonds. The summed E-state index contributed by atoms with van der Waals surface area (Å²) in [6.45, 7) is 4.48. The van der Waals surface area contributed by atoms with Crippen LogP contribution in [0.1, 0.15) is 43.5 Å². The number of aromatic carboxylic acids is 1. The zero-order valence-electron chi connectivity index (χ0n) is 10.5. The molecule has 1 heterocycles. The molecule has 1 aromatic heterocycles.